The number of alkyl halides is 3. The average molecular weight is 208 g/mol. The Hall–Kier alpha value is -0.0000000000000000555. The van der Waals surface area contributed by atoms with Gasteiger partial charge in [0.25, 0.3) is 0 Å². The summed E-state index contributed by atoms with van der Waals surface area (Å²) in [6.07, 6.45) is -4.27. The van der Waals surface area contributed by atoms with Crippen LogP contribution in [0.4, 0.5) is 13.2 Å². The third-order valence-electron chi connectivity index (χ3n) is 1.58. The van der Waals surface area contributed by atoms with Gasteiger partial charge >= 0.3 is 6.18 Å². The molecule has 0 saturated carbocycles. The Bertz CT molecular complexity index is 120. The lowest BCUT2D eigenvalue weighted by atomic mass is 9.99. The lowest BCUT2D eigenvalue weighted by Gasteiger charge is -2.21. The molecular formula is C6H13ClF3NO. The Morgan fingerprint density at radius 2 is 1.83 bits per heavy atom. The Labute approximate surface area is 75.3 Å². The van der Waals surface area contributed by atoms with E-state index in [1.165, 1.54) is 6.92 Å². The lowest BCUT2D eigenvalue weighted by molar-refractivity contribution is -0.158. The first-order chi connectivity index (χ1) is 4.89. The highest BCUT2D eigenvalue weighted by Gasteiger charge is 2.39. The van der Waals surface area contributed by atoms with Crippen LogP contribution in [0.3, 0.4) is 0 Å². The van der Waals surface area contributed by atoms with Gasteiger partial charge in [0, 0.05) is 6.61 Å². The molecule has 0 aromatic heterocycles. The van der Waals surface area contributed by atoms with Crippen LogP contribution < -0.4 is 5.73 Å². The van der Waals surface area contributed by atoms with Gasteiger partial charge in [-0.2, -0.15) is 13.2 Å². The zero-order valence-electron chi connectivity index (χ0n) is 6.64. The molecule has 0 radical (unpaired) electrons. The van der Waals surface area contributed by atoms with Crippen molar-refractivity contribution in [3.63, 3.8) is 0 Å². The number of aliphatic hydroxyl groups is 1. The van der Waals surface area contributed by atoms with Crippen LogP contribution in [0.2, 0.25) is 0 Å². The van der Waals surface area contributed by atoms with Gasteiger partial charge in [-0.15, -0.1) is 12.4 Å². The fraction of sp³-hybridized carbons (Fsp3) is 1.00. The standard InChI is InChI=1S/C6H12F3NO.ClH/c1-4(2-3-11)5(10)6(7,8)9;/h4-5,11H,2-3,10H2,1H3;1H. The minimum absolute atomic E-state index is 0. The number of aliphatic hydroxyl groups excluding tert-OH is 1. The smallest absolute Gasteiger partial charge is 0.396 e. The summed E-state index contributed by atoms with van der Waals surface area (Å²) in [5.74, 6) is -0.722. The quantitative estimate of drug-likeness (QED) is 0.733. The lowest BCUT2D eigenvalue weighted by Crippen LogP contribution is -2.42. The van der Waals surface area contributed by atoms with E-state index in [1.54, 1.807) is 0 Å². The monoisotopic (exact) mass is 207 g/mol. The topological polar surface area (TPSA) is 46.2 Å². The van der Waals surface area contributed by atoms with E-state index in [0.717, 1.165) is 0 Å². The van der Waals surface area contributed by atoms with Gasteiger partial charge in [-0.3, -0.25) is 0 Å². The average Bonchev–Trinajstić information content (AvgIpc) is 1.85. The summed E-state index contributed by atoms with van der Waals surface area (Å²) in [7, 11) is 0. The van der Waals surface area contributed by atoms with Gasteiger partial charge in [0.05, 0.1) is 0 Å². The molecule has 76 valence electrons. The fourth-order valence-corrected chi connectivity index (χ4v) is 0.706. The van der Waals surface area contributed by atoms with Crippen LogP contribution in [0.1, 0.15) is 13.3 Å². The van der Waals surface area contributed by atoms with E-state index in [2.05, 4.69) is 0 Å². The van der Waals surface area contributed by atoms with Crippen molar-refractivity contribution in [2.75, 3.05) is 6.61 Å². The molecule has 0 rings (SSSR count). The first kappa shape index (κ1) is 14.5. The summed E-state index contributed by atoms with van der Waals surface area (Å²) < 4.78 is 35.4. The highest BCUT2D eigenvalue weighted by molar-refractivity contribution is 5.85. The summed E-state index contributed by atoms with van der Waals surface area (Å²) in [6, 6.07) is -1.82. The number of nitrogens with two attached hydrogens (primary N) is 1. The van der Waals surface area contributed by atoms with Crippen molar-refractivity contribution in [2.45, 2.75) is 25.6 Å². The zero-order valence-corrected chi connectivity index (χ0v) is 7.45. The SMILES string of the molecule is CC(CCO)C(N)C(F)(F)F.Cl. The molecule has 0 aliphatic carbocycles. The van der Waals surface area contributed by atoms with E-state index in [1.807, 2.05) is 0 Å². The molecule has 0 fully saturated rings. The van der Waals surface area contributed by atoms with E-state index in [0.29, 0.717) is 0 Å². The molecule has 2 atom stereocenters. The second-order valence-electron chi connectivity index (χ2n) is 2.56. The van der Waals surface area contributed by atoms with Gasteiger partial charge in [-0.25, -0.2) is 0 Å². The van der Waals surface area contributed by atoms with E-state index in [-0.39, 0.29) is 25.4 Å². The Morgan fingerprint density at radius 3 is 2.08 bits per heavy atom. The molecule has 2 unspecified atom stereocenters. The normalized spacial score (nSPS) is 16.5. The molecule has 2 nitrogen and oxygen atoms in total. The second-order valence-corrected chi connectivity index (χ2v) is 2.56. The molecule has 0 bridgehead atoms. The number of halogens is 4. The summed E-state index contributed by atoms with van der Waals surface area (Å²) in [4.78, 5) is 0. The molecule has 12 heavy (non-hydrogen) atoms. The second kappa shape index (κ2) is 5.61. The Kier molecular flexibility index (Phi) is 6.79. The Morgan fingerprint density at radius 1 is 1.42 bits per heavy atom. The molecule has 6 heteroatoms. The maximum atomic E-state index is 11.8. The maximum Gasteiger partial charge on any atom is 0.403 e. The molecular weight excluding hydrogens is 195 g/mol. The summed E-state index contributed by atoms with van der Waals surface area (Å²) in [5.41, 5.74) is 4.84. The van der Waals surface area contributed by atoms with E-state index >= 15 is 0 Å². The van der Waals surface area contributed by atoms with Crippen molar-refractivity contribution < 1.29 is 18.3 Å². The molecule has 0 aromatic carbocycles. The first-order valence-electron chi connectivity index (χ1n) is 3.32. The highest BCUT2D eigenvalue weighted by Crippen LogP contribution is 2.24. The van der Waals surface area contributed by atoms with Crippen LogP contribution >= 0.6 is 12.4 Å². The van der Waals surface area contributed by atoms with Crippen molar-refractivity contribution in [1.29, 1.82) is 0 Å². The largest absolute Gasteiger partial charge is 0.403 e. The van der Waals surface area contributed by atoms with Crippen LogP contribution in [0.15, 0.2) is 0 Å². The minimum atomic E-state index is -4.35. The van der Waals surface area contributed by atoms with Crippen LogP contribution in [0.5, 0.6) is 0 Å². The van der Waals surface area contributed by atoms with Gasteiger partial charge in [0.2, 0.25) is 0 Å². The van der Waals surface area contributed by atoms with Gasteiger partial charge < -0.3 is 10.8 Å². The number of rotatable bonds is 3. The fourth-order valence-electron chi connectivity index (χ4n) is 0.706. The predicted molar refractivity (Wildman–Crippen MR) is 42.1 cm³/mol. The molecule has 3 N–H and O–H groups in total. The first-order valence-corrected chi connectivity index (χ1v) is 3.32. The van der Waals surface area contributed by atoms with Gasteiger partial charge in [-0.05, 0) is 12.3 Å². The van der Waals surface area contributed by atoms with Crippen molar-refractivity contribution in [2.24, 2.45) is 11.7 Å². The highest BCUT2D eigenvalue weighted by atomic mass is 35.5. The maximum absolute atomic E-state index is 11.8. The van der Waals surface area contributed by atoms with Gasteiger partial charge in [0.15, 0.2) is 0 Å². The molecule has 0 aliphatic heterocycles. The van der Waals surface area contributed by atoms with Crippen molar-refractivity contribution >= 4 is 12.4 Å². The Balaban J connectivity index is 0. The summed E-state index contributed by atoms with van der Waals surface area (Å²) >= 11 is 0. The van der Waals surface area contributed by atoms with E-state index in [9.17, 15) is 13.2 Å². The van der Waals surface area contributed by atoms with Crippen molar-refractivity contribution in [3.8, 4) is 0 Å². The van der Waals surface area contributed by atoms with Gasteiger partial charge in [-0.1, -0.05) is 6.92 Å². The van der Waals surface area contributed by atoms with Crippen LogP contribution in [-0.4, -0.2) is 23.9 Å². The van der Waals surface area contributed by atoms with Crippen LogP contribution in [-0.2, 0) is 0 Å². The molecule has 0 amide bonds. The van der Waals surface area contributed by atoms with E-state index < -0.39 is 18.1 Å². The molecule has 0 heterocycles. The van der Waals surface area contributed by atoms with E-state index in [4.69, 9.17) is 10.8 Å². The number of hydrogen-bond acceptors (Lipinski definition) is 2. The summed E-state index contributed by atoms with van der Waals surface area (Å²) in [5, 5.41) is 8.33. The summed E-state index contributed by atoms with van der Waals surface area (Å²) in [6.45, 7) is 1.11. The predicted octanol–water partition coefficient (Wildman–Crippen LogP) is 1.32. The molecule has 0 aliphatic rings. The van der Waals surface area contributed by atoms with Crippen LogP contribution in [0.25, 0.3) is 0 Å². The third-order valence-corrected chi connectivity index (χ3v) is 1.58. The minimum Gasteiger partial charge on any atom is -0.396 e. The van der Waals surface area contributed by atoms with Crippen LogP contribution in [0, 0.1) is 5.92 Å². The van der Waals surface area contributed by atoms with Crippen molar-refractivity contribution in [3.05, 3.63) is 0 Å². The zero-order chi connectivity index (χ0) is 9.07. The molecule has 0 spiro atoms. The molecule has 0 saturated heterocycles. The van der Waals surface area contributed by atoms with Gasteiger partial charge in [0.1, 0.15) is 6.04 Å². The third kappa shape index (κ3) is 4.79. The van der Waals surface area contributed by atoms with Crippen molar-refractivity contribution in [1.82, 2.24) is 0 Å². The molecule has 0 aromatic rings. The number of hydrogen-bond donors (Lipinski definition) is 2.